The van der Waals surface area contributed by atoms with Gasteiger partial charge in [0, 0.05) is 19.5 Å². The van der Waals surface area contributed by atoms with E-state index in [9.17, 15) is 15.0 Å². The highest BCUT2D eigenvalue weighted by molar-refractivity contribution is 6.05. The monoisotopic (exact) mass is 474 g/mol. The summed E-state index contributed by atoms with van der Waals surface area (Å²) < 4.78 is 7.43. The summed E-state index contributed by atoms with van der Waals surface area (Å²) in [6.45, 7) is 1.34. The van der Waals surface area contributed by atoms with E-state index in [-0.39, 0.29) is 12.5 Å². The number of hydrogen-bond acceptors (Lipinski definition) is 8. The molecular weight excluding hydrogens is 448 g/mol. The lowest BCUT2D eigenvalue weighted by Crippen LogP contribution is -2.28. The summed E-state index contributed by atoms with van der Waals surface area (Å²) in [5.74, 6) is 0.440. The van der Waals surface area contributed by atoms with Crippen LogP contribution in [0.4, 0.5) is 11.5 Å². The Kier molecular flexibility index (Phi) is 5.56. The number of nitrogens with zero attached hydrogens (tertiary/aromatic N) is 5. The smallest absolute Gasteiger partial charge is 0.255 e. The fraction of sp³-hybridized carbons (Fsp3) is 0.360. The molecule has 180 valence electrons. The minimum Gasteiger partial charge on any atom is -0.394 e. The molecule has 6 rings (SSSR count). The molecule has 0 unspecified atom stereocenters. The zero-order chi connectivity index (χ0) is 23.9. The zero-order valence-electron chi connectivity index (χ0n) is 19.0. The van der Waals surface area contributed by atoms with E-state index in [1.807, 2.05) is 41.3 Å². The molecule has 2 fully saturated rings. The van der Waals surface area contributed by atoms with E-state index in [4.69, 9.17) is 4.74 Å². The van der Waals surface area contributed by atoms with Crippen molar-refractivity contribution in [3.05, 3.63) is 54.6 Å². The molecule has 2 aliphatic heterocycles. The Morgan fingerprint density at radius 1 is 1.11 bits per heavy atom. The first-order valence-corrected chi connectivity index (χ1v) is 11.8. The number of carbonyl (C=O) groups is 1. The first-order chi connectivity index (χ1) is 17.1. The molecule has 0 bridgehead atoms. The van der Waals surface area contributed by atoms with Gasteiger partial charge < -0.3 is 25.2 Å². The molecule has 35 heavy (non-hydrogen) atoms. The number of benzene rings is 2. The number of amides is 1. The lowest BCUT2D eigenvalue weighted by atomic mass is 10.0. The summed E-state index contributed by atoms with van der Waals surface area (Å²) in [4.78, 5) is 28.5. The number of aliphatic hydroxyl groups is 2. The molecule has 4 heterocycles. The van der Waals surface area contributed by atoms with Crippen molar-refractivity contribution in [1.29, 1.82) is 0 Å². The van der Waals surface area contributed by atoms with E-state index in [0.29, 0.717) is 34.7 Å². The molecule has 1 amide bonds. The van der Waals surface area contributed by atoms with Crippen LogP contribution in [0.15, 0.2) is 49.1 Å². The van der Waals surface area contributed by atoms with Gasteiger partial charge in [-0.3, -0.25) is 9.36 Å². The average molecular weight is 475 g/mol. The Bertz CT molecular complexity index is 1400. The second kappa shape index (κ2) is 8.88. The van der Waals surface area contributed by atoms with Crippen LogP contribution in [0, 0.1) is 0 Å². The largest absolute Gasteiger partial charge is 0.394 e. The Morgan fingerprint density at radius 3 is 2.63 bits per heavy atom. The van der Waals surface area contributed by atoms with Crippen molar-refractivity contribution in [1.82, 2.24) is 24.4 Å². The van der Waals surface area contributed by atoms with Crippen LogP contribution in [0.2, 0.25) is 0 Å². The fourth-order valence-electron chi connectivity index (χ4n) is 4.97. The van der Waals surface area contributed by atoms with Gasteiger partial charge in [-0.15, -0.1) is 0 Å². The van der Waals surface area contributed by atoms with Gasteiger partial charge in [0.1, 0.15) is 12.4 Å². The maximum Gasteiger partial charge on any atom is 0.255 e. The molecule has 0 saturated carbocycles. The normalized spacial score (nSPS) is 22.3. The average Bonchev–Trinajstić information content (AvgIpc) is 3.63. The minimum atomic E-state index is -0.791. The molecule has 2 saturated heterocycles. The quantitative estimate of drug-likeness (QED) is 0.403. The number of hydrogen-bond donors (Lipinski definition) is 3. The lowest BCUT2D eigenvalue weighted by molar-refractivity contribution is -0.0486. The third kappa shape index (κ3) is 3.89. The van der Waals surface area contributed by atoms with Crippen molar-refractivity contribution < 1.29 is 19.7 Å². The molecule has 10 heteroatoms. The van der Waals surface area contributed by atoms with E-state index in [1.54, 1.807) is 10.9 Å². The Hall–Kier alpha value is -3.60. The molecular formula is C25H26N6O4. The van der Waals surface area contributed by atoms with E-state index in [2.05, 4.69) is 20.3 Å². The third-order valence-electron chi connectivity index (χ3n) is 6.76. The minimum absolute atomic E-state index is 0.0101. The maximum atomic E-state index is 13.4. The second-order valence-corrected chi connectivity index (χ2v) is 9.05. The summed E-state index contributed by atoms with van der Waals surface area (Å²) in [7, 11) is 0. The summed E-state index contributed by atoms with van der Waals surface area (Å²) in [5.41, 5.74) is 2.20. The molecule has 4 aromatic rings. The molecule has 0 radical (unpaired) electrons. The van der Waals surface area contributed by atoms with Gasteiger partial charge in [0.2, 0.25) is 0 Å². The van der Waals surface area contributed by atoms with Crippen LogP contribution in [0.1, 0.15) is 35.8 Å². The summed E-state index contributed by atoms with van der Waals surface area (Å²) >= 11 is 0. The van der Waals surface area contributed by atoms with E-state index >= 15 is 0 Å². The number of ether oxygens (including phenoxy) is 1. The molecule has 2 aromatic carbocycles. The summed E-state index contributed by atoms with van der Waals surface area (Å²) in [6, 6.07) is 11.8. The summed E-state index contributed by atoms with van der Waals surface area (Å²) in [6.07, 6.45) is 3.38. The van der Waals surface area contributed by atoms with Crippen molar-refractivity contribution >= 4 is 39.3 Å². The SMILES string of the molecule is O=C(c1cc2ccccc2cc1Nc1ncnc2c1ncn2[C@@H]1O[C@H](CO)C[C@H]1O)N1CCCC1. The zero-order valence-corrected chi connectivity index (χ0v) is 19.0. The van der Waals surface area contributed by atoms with Crippen molar-refractivity contribution in [3.63, 3.8) is 0 Å². The number of rotatable bonds is 5. The second-order valence-electron chi connectivity index (χ2n) is 9.05. The highest BCUT2D eigenvalue weighted by Crippen LogP contribution is 2.33. The number of carbonyl (C=O) groups excluding carboxylic acids is 1. The van der Waals surface area contributed by atoms with Crippen molar-refractivity contribution in [2.24, 2.45) is 0 Å². The van der Waals surface area contributed by atoms with Gasteiger partial charge in [0.15, 0.2) is 23.2 Å². The van der Waals surface area contributed by atoms with E-state index in [0.717, 1.165) is 36.7 Å². The fourth-order valence-corrected chi connectivity index (χ4v) is 4.97. The molecule has 0 aliphatic carbocycles. The molecule has 2 aromatic heterocycles. The van der Waals surface area contributed by atoms with Crippen LogP contribution < -0.4 is 5.32 Å². The first kappa shape index (κ1) is 21.9. The Balaban J connectivity index is 1.40. The Labute approximate surface area is 201 Å². The topological polar surface area (TPSA) is 126 Å². The standard InChI is InChI=1S/C25H26N6O4/c32-12-17-11-20(33)25(35-17)31-14-28-21-22(26-13-27-23(21)31)29-19-10-16-6-2-1-5-15(16)9-18(19)24(34)30-7-3-4-8-30/h1-2,5-6,9-10,13-14,17,20,25,32-33H,3-4,7-8,11-12H2,(H,26,27,29)/t17-,20+,25+/m0/s1. The predicted molar refractivity (Wildman–Crippen MR) is 129 cm³/mol. The predicted octanol–water partition coefficient (Wildman–Crippen LogP) is 2.60. The number of aromatic nitrogens is 4. The van der Waals surface area contributed by atoms with Crippen LogP contribution in [0.25, 0.3) is 21.9 Å². The number of anilines is 2. The first-order valence-electron chi connectivity index (χ1n) is 11.8. The highest BCUT2D eigenvalue weighted by Gasteiger charge is 2.36. The van der Waals surface area contributed by atoms with Gasteiger partial charge in [0.05, 0.1) is 30.3 Å². The van der Waals surface area contributed by atoms with Crippen molar-refractivity contribution in [3.8, 4) is 0 Å². The van der Waals surface area contributed by atoms with E-state index in [1.165, 1.54) is 6.33 Å². The van der Waals surface area contributed by atoms with Crippen LogP contribution in [0.3, 0.4) is 0 Å². The third-order valence-corrected chi connectivity index (χ3v) is 6.76. The van der Waals surface area contributed by atoms with Crippen molar-refractivity contribution in [2.45, 2.75) is 37.7 Å². The molecule has 2 aliphatic rings. The Morgan fingerprint density at radius 2 is 1.89 bits per heavy atom. The lowest BCUT2D eigenvalue weighted by Gasteiger charge is -2.19. The number of nitrogens with one attached hydrogen (secondary N) is 1. The van der Waals surface area contributed by atoms with E-state index < -0.39 is 18.4 Å². The van der Waals surface area contributed by atoms with Gasteiger partial charge >= 0.3 is 0 Å². The number of fused-ring (bicyclic) bond motifs is 2. The highest BCUT2D eigenvalue weighted by atomic mass is 16.5. The molecule has 0 spiro atoms. The van der Waals surface area contributed by atoms with Gasteiger partial charge in [-0.2, -0.15) is 0 Å². The molecule has 10 nitrogen and oxygen atoms in total. The number of imidazole rings is 1. The van der Waals surface area contributed by atoms with Crippen LogP contribution in [-0.4, -0.2) is 72.4 Å². The van der Waals surface area contributed by atoms with Crippen molar-refractivity contribution in [2.75, 3.05) is 25.0 Å². The van der Waals surface area contributed by atoms with Crippen LogP contribution in [-0.2, 0) is 4.74 Å². The van der Waals surface area contributed by atoms with Gasteiger partial charge in [0.25, 0.3) is 5.91 Å². The van der Waals surface area contributed by atoms with Gasteiger partial charge in [-0.1, -0.05) is 24.3 Å². The number of aliphatic hydroxyl groups excluding tert-OH is 2. The number of likely N-dealkylation sites (tertiary alicyclic amines) is 1. The summed E-state index contributed by atoms with van der Waals surface area (Å²) in [5, 5.41) is 25.2. The maximum absolute atomic E-state index is 13.4. The van der Waals surface area contributed by atoms with Crippen LogP contribution >= 0.6 is 0 Å². The van der Waals surface area contributed by atoms with Gasteiger partial charge in [-0.25, -0.2) is 15.0 Å². The van der Waals surface area contributed by atoms with Gasteiger partial charge in [-0.05, 0) is 35.7 Å². The van der Waals surface area contributed by atoms with Crippen LogP contribution in [0.5, 0.6) is 0 Å². The molecule has 3 N–H and O–H groups in total. The molecule has 3 atom stereocenters.